The van der Waals surface area contributed by atoms with E-state index in [0.29, 0.717) is 13.2 Å². The average Bonchev–Trinajstić information content (AvgIpc) is 3.19. The van der Waals surface area contributed by atoms with Crippen LogP contribution in [0.2, 0.25) is 0 Å². The van der Waals surface area contributed by atoms with Gasteiger partial charge in [0.15, 0.2) is 0 Å². The first kappa shape index (κ1) is 15.6. The van der Waals surface area contributed by atoms with Crippen LogP contribution in [0.25, 0.3) is 16.9 Å². The van der Waals surface area contributed by atoms with Gasteiger partial charge in [-0.3, -0.25) is 0 Å². The number of aromatic nitrogens is 4. The molecule has 1 aliphatic rings. The minimum Gasteiger partial charge on any atom is -0.494 e. The normalized spacial score (nSPS) is 14.5. The number of nitrogens with zero attached hydrogens (tertiary/aromatic N) is 5. The second kappa shape index (κ2) is 6.90. The van der Waals surface area contributed by atoms with Gasteiger partial charge in [-0.05, 0) is 18.2 Å². The number of hydrogen-bond acceptors (Lipinski definition) is 6. The van der Waals surface area contributed by atoms with Crippen molar-refractivity contribution in [1.29, 1.82) is 0 Å². The highest BCUT2D eigenvalue weighted by atomic mass is 16.5. The Kier molecular flexibility index (Phi) is 4.30. The van der Waals surface area contributed by atoms with Gasteiger partial charge in [0.2, 0.25) is 5.95 Å². The Morgan fingerprint density at radius 2 is 1.96 bits per heavy atom. The maximum atomic E-state index is 5.41. The zero-order valence-electron chi connectivity index (χ0n) is 14.0. The molecule has 128 valence electrons. The lowest BCUT2D eigenvalue weighted by Crippen LogP contribution is -2.37. The van der Waals surface area contributed by atoms with Crippen molar-refractivity contribution in [3.8, 4) is 22.7 Å². The molecule has 0 unspecified atom stereocenters. The van der Waals surface area contributed by atoms with E-state index in [2.05, 4.69) is 15.0 Å². The van der Waals surface area contributed by atoms with Crippen LogP contribution in [-0.2, 0) is 4.74 Å². The zero-order valence-corrected chi connectivity index (χ0v) is 14.0. The second-order valence-corrected chi connectivity index (χ2v) is 5.69. The molecule has 3 aromatic rings. The summed E-state index contributed by atoms with van der Waals surface area (Å²) < 4.78 is 12.6. The van der Waals surface area contributed by atoms with Gasteiger partial charge in [0.25, 0.3) is 0 Å². The fourth-order valence-electron chi connectivity index (χ4n) is 2.83. The SMILES string of the molecule is COc1ccccc1-n1cc(-c2ccnc(N3CCOCC3)n2)cn1. The lowest BCUT2D eigenvalue weighted by atomic mass is 10.2. The zero-order chi connectivity index (χ0) is 17.1. The van der Waals surface area contributed by atoms with Crippen molar-refractivity contribution in [2.45, 2.75) is 0 Å². The van der Waals surface area contributed by atoms with E-state index in [1.54, 1.807) is 24.2 Å². The minimum atomic E-state index is 0.708. The van der Waals surface area contributed by atoms with Gasteiger partial charge in [0, 0.05) is 31.0 Å². The maximum Gasteiger partial charge on any atom is 0.226 e. The molecule has 7 nitrogen and oxygen atoms in total. The number of hydrogen-bond donors (Lipinski definition) is 0. The van der Waals surface area contributed by atoms with Crippen molar-refractivity contribution in [1.82, 2.24) is 19.7 Å². The Labute approximate surface area is 145 Å². The summed E-state index contributed by atoms with van der Waals surface area (Å²) in [6.07, 6.45) is 5.54. The summed E-state index contributed by atoms with van der Waals surface area (Å²) in [5.41, 5.74) is 2.67. The highest BCUT2D eigenvalue weighted by molar-refractivity contribution is 5.60. The van der Waals surface area contributed by atoms with Crippen LogP contribution in [0.1, 0.15) is 0 Å². The van der Waals surface area contributed by atoms with Crippen LogP contribution in [0.15, 0.2) is 48.9 Å². The molecule has 0 saturated carbocycles. The molecule has 0 radical (unpaired) electrons. The Balaban J connectivity index is 1.64. The van der Waals surface area contributed by atoms with Crippen LogP contribution in [0, 0.1) is 0 Å². The fraction of sp³-hybridized carbons (Fsp3) is 0.278. The molecule has 0 aliphatic carbocycles. The summed E-state index contributed by atoms with van der Waals surface area (Å²) in [5.74, 6) is 1.50. The van der Waals surface area contributed by atoms with Crippen molar-refractivity contribution in [2.24, 2.45) is 0 Å². The largest absolute Gasteiger partial charge is 0.494 e. The molecule has 0 atom stereocenters. The van der Waals surface area contributed by atoms with Crippen LogP contribution >= 0.6 is 0 Å². The molecule has 1 saturated heterocycles. The van der Waals surface area contributed by atoms with Gasteiger partial charge in [-0.15, -0.1) is 0 Å². The first-order chi connectivity index (χ1) is 12.3. The highest BCUT2D eigenvalue weighted by Crippen LogP contribution is 2.25. The van der Waals surface area contributed by atoms with Crippen molar-refractivity contribution < 1.29 is 9.47 Å². The molecule has 1 aliphatic heterocycles. The standard InChI is InChI=1S/C18H19N5O2/c1-24-17-5-3-2-4-16(17)23-13-14(12-20-23)15-6-7-19-18(21-15)22-8-10-25-11-9-22/h2-7,12-13H,8-11H2,1H3. The van der Waals surface area contributed by atoms with Crippen LogP contribution < -0.4 is 9.64 Å². The third-order valence-corrected chi connectivity index (χ3v) is 4.15. The number of morpholine rings is 1. The average molecular weight is 337 g/mol. The Morgan fingerprint density at radius 1 is 1.12 bits per heavy atom. The van der Waals surface area contributed by atoms with E-state index >= 15 is 0 Å². The van der Waals surface area contributed by atoms with Crippen LogP contribution in [0.4, 0.5) is 5.95 Å². The highest BCUT2D eigenvalue weighted by Gasteiger charge is 2.15. The van der Waals surface area contributed by atoms with E-state index in [1.807, 2.05) is 36.5 Å². The lowest BCUT2D eigenvalue weighted by Gasteiger charge is -2.26. The molecule has 0 spiro atoms. The molecule has 3 heterocycles. The first-order valence-electron chi connectivity index (χ1n) is 8.19. The molecular weight excluding hydrogens is 318 g/mol. The number of benzene rings is 1. The van der Waals surface area contributed by atoms with E-state index in [1.165, 1.54) is 0 Å². The molecule has 0 N–H and O–H groups in total. The predicted octanol–water partition coefficient (Wildman–Crippen LogP) is 2.17. The first-order valence-corrected chi connectivity index (χ1v) is 8.19. The van der Waals surface area contributed by atoms with Crippen LogP contribution in [-0.4, -0.2) is 53.2 Å². The number of ether oxygens (including phenoxy) is 2. The third kappa shape index (κ3) is 3.18. The van der Waals surface area contributed by atoms with Gasteiger partial charge in [-0.2, -0.15) is 5.10 Å². The Morgan fingerprint density at radius 3 is 2.80 bits per heavy atom. The molecule has 2 aromatic heterocycles. The summed E-state index contributed by atoms with van der Waals surface area (Å²) in [7, 11) is 1.66. The molecule has 1 fully saturated rings. The molecule has 25 heavy (non-hydrogen) atoms. The summed E-state index contributed by atoms with van der Waals surface area (Å²) in [4.78, 5) is 11.2. The molecule has 7 heteroatoms. The lowest BCUT2D eigenvalue weighted by molar-refractivity contribution is 0.122. The number of rotatable bonds is 4. The summed E-state index contributed by atoms with van der Waals surface area (Å²) >= 11 is 0. The molecular formula is C18H19N5O2. The van der Waals surface area contributed by atoms with Crippen LogP contribution in [0.5, 0.6) is 5.75 Å². The Hall–Kier alpha value is -2.93. The fourth-order valence-corrected chi connectivity index (χ4v) is 2.83. The van der Waals surface area contributed by atoms with E-state index in [-0.39, 0.29) is 0 Å². The molecule has 0 amide bonds. The minimum absolute atomic E-state index is 0.708. The summed E-state index contributed by atoms with van der Waals surface area (Å²) in [5, 5.41) is 4.46. The Bertz CT molecular complexity index is 858. The van der Waals surface area contributed by atoms with Gasteiger partial charge >= 0.3 is 0 Å². The van der Waals surface area contributed by atoms with Crippen LogP contribution in [0.3, 0.4) is 0 Å². The quantitative estimate of drug-likeness (QED) is 0.727. The predicted molar refractivity (Wildman–Crippen MR) is 94.2 cm³/mol. The maximum absolute atomic E-state index is 5.41. The van der Waals surface area contributed by atoms with E-state index in [4.69, 9.17) is 14.5 Å². The van der Waals surface area contributed by atoms with E-state index in [9.17, 15) is 0 Å². The molecule has 1 aromatic carbocycles. The third-order valence-electron chi connectivity index (χ3n) is 4.15. The number of methoxy groups -OCH3 is 1. The summed E-state index contributed by atoms with van der Waals surface area (Å²) in [6.45, 7) is 3.03. The van der Waals surface area contributed by atoms with E-state index in [0.717, 1.165) is 41.7 Å². The summed E-state index contributed by atoms with van der Waals surface area (Å²) in [6, 6.07) is 9.67. The van der Waals surface area contributed by atoms with Gasteiger partial charge in [0.05, 0.1) is 32.2 Å². The van der Waals surface area contributed by atoms with Gasteiger partial charge in [0.1, 0.15) is 11.4 Å². The van der Waals surface area contributed by atoms with E-state index < -0.39 is 0 Å². The number of anilines is 1. The van der Waals surface area contributed by atoms with Crippen molar-refractivity contribution >= 4 is 5.95 Å². The molecule has 0 bridgehead atoms. The molecule has 4 rings (SSSR count). The number of para-hydroxylation sites is 2. The van der Waals surface area contributed by atoms with Crippen molar-refractivity contribution in [3.05, 3.63) is 48.9 Å². The van der Waals surface area contributed by atoms with Crippen molar-refractivity contribution in [3.63, 3.8) is 0 Å². The van der Waals surface area contributed by atoms with Gasteiger partial charge in [-0.25, -0.2) is 14.6 Å². The topological polar surface area (TPSA) is 65.3 Å². The van der Waals surface area contributed by atoms with Crippen molar-refractivity contribution in [2.75, 3.05) is 38.3 Å². The van der Waals surface area contributed by atoms with Gasteiger partial charge in [-0.1, -0.05) is 12.1 Å². The smallest absolute Gasteiger partial charge is 0.226 e. The second-order valence-electron chi connectivity index (χ2n) is 5.69. The monoisotopic (exact) mass is 337 g/mol. The van der Waals surface area contributed by atoms with Gasteiger partial charge < -0.3 is 14.4 Å².